The molecule has 0 heterocycles. The Morgan fingerprint density at radius 2 is 1.94 bits per heavy atom. The molecular formula is C14H21FN2. The highest BCUT2D eigenvalue weighted by atomic mass is 19.1. The Kier molecular flexibility index (Phi) is 4.51. The van der Waals surface area contributed by atoms with Gasteiger partial charge >= 0.3 is 0 Å². The van der Waals surface area contributed by atoms with Crippen LogP contribution in [0.1, 0.15) is 31.2 Å². The molecule has 0 saturated heterocycles. The van der Waals surface area contributed by atoms with E-state index in [1.165, 1.54) is 31.7 Å². The maximum atomic E-state index is 13.6. The molecule has 17 heavy (non-hydrogen) atoms. The standard InChI is InChI=1S/C14H21FN2/c15-14-8-4-1-5-12(14)11-17(10-9-16)13-6-2-3-7-13/h1,4-5,8,13H,2-3,6-7,9-11,16H2. The zero-order valence-corrected chi connectivity index (χ0v) is 10.2. The van der Waals surface area contributed by atoms with Crippen molar-refractivity contribution in [3.05, 3.63) is 35.6 Å². The molecule has 0 amide bonds. The van der Waals surface area contributed by atoms with Gasteiger partial charge in [-0.25, -0.2) is 4.39 Å². The highest BCUT2D eigenvalue weighted by Gasteiger charge is 2.22. The summed E-state index contributed by atoms with van der Waals surface area (Å²) in [4.78, 5) is 2.34. The number of nitrogens with zero attached hydrogens (tertiary/aromatic N) is 1. The predicted octanol–water partition coefficient (Wildman–Crippen LogP) is 2.53. The van der Waals surface area contributed by atoms with E-state index in [2.05, 4.69) is 4.90 Å². The molecule has 0 radical (unpaired) electrons. The Labute approximate surface area is 103 Å². The SMILES string of the molecule is NCCN(Cc1ccccc1F)C1CCCC1. The van der Waals surface area contributed by atoms with Crippen molar-refractivity contribution in [3.8, 4) is 0 Å². The van der Waals surface area contributed by atoms with Crippen molar-refractivity contribution in [3.63, 3.8) is 0 Å². The van der Waals surface area contributed by atoms with E-state index in [-0.39, 0.29) is 5.82 Å². The molecule has 1 fully saturated rings. The Bertz CT molecular complexity index is 348. The summed E-state index contributed by atoms with van der Waals surface area (Å²) in [6.45, 7) is 2.19. The van der Waals surface area contributed by atoms with Crippen LogP contribution in [-0.2, 0) is 6.54 Å². The Morgan fingerprint density at radius 3 is 2.59 bits per heavy atom. The zero-order valence-electron chi connectivity index (χ0n) is 10.2. The summed E-state index contributed by atoms with van der Waals surface area (Å²) >= 11 is 0. The number of nitrogens with two attached hydrogens (primary N) is 1. The Morgan fingerprint density at radius 1 is 1.24 bits per heavy atom. The normalized spacial score (nSPS) is 16.9. The quantitative estimate of drug-likeness (QED) is 0.851. The van der Waals surface area contributed by atoms with Gasteiger partial charge in [0.15, 0.2) is 0 Å². The monoisotopic (exact) mass is 236 g/mol. The highest BCUT2D eigenvalue weighted by molar-refractivity contribution is 5.17. The van der Waals surface area contributed by atoms with Gasteiger partial charge in [0.1, 0.15) is 5.82 Å². The van der Waals surface area contributed by atoms with E-state index in [9.17, 15) is 4.39 Å². The van der Waals surface area contributed by atoms with Gasteiger partial charge in [0.25, 0.3) is 0 Å². The maximum Gasteiger partial charge on any atom is 0.127 e. The largest absolute Gasteiger partial charge is 0.329 e. The van der Waals surface area contributed by atoms with Crippen LogP contribution in [-0.4, -0.2) is 24.0 Å². The molecular weight excluding hydrogens is 215 g/mol. The van der Waals surface area contributed by atoms with Crippen molar-refractivity contribution in [2.45, 2.75) is 38.3 Å². The van der Waals surface area contributed by atoms with Crippen LogP contribution < -0.4 is 5.73 Å². The summed E-state index contributed by atoms with van der Waals surface area (Å²) in [6.07, 6.45) is 5.05. The van der Waals surface area contributed by atoms with Gasteiger partial charge in [0.05, 0.1) is 0 Å². The summed E-state index contributed by atoms with van der Waals surface area (Å²) in [5, 5.41) is 0. The van der Waals surface area contributed by atoms with Gasteiger partial charge in [-0.1, -0.05) is 31.0 Å². The molecule has 0 spiro atoms. The second-order valence-electron chi connectivity index (χ2n) is 4.79. The first-order chi connectivity index (χ1) is 8.31. The van der Waals surface area contributed by atoms with Gasteiger partial charge in [0.2, 0.25) is 0 Å². The van der Waals surface area contributed by atoms with Crippen LogP contribution in [0.2, 0.25) is 0 Å². The number of benzene rings is 1. The molecule has 0 aromatic heterocycles. The first kappa shape index (κ1) is 12.5. The van der Waals surface area contributed by atoms with E-state index in [0.29, 0.717) is 19.1 Å². The summed E-state index contributed by atoms with van der Waals surface area (Å²) in [5.41, 5.74) is 6.44. The average molecular weight is 236 g/mol. The number of hydrogen-bond donors (Lipinski definition) is 1. The summed E-state index contributed by atoms with van der Waals surface area (Å²) in [6, 6.07) is 7.63. The second kappa shape index (κ2) is 6.12. The van der Waals surface area contributed by atoms with Crippen LogP contribution in [0.4, 0.5) is 4.39 Å². The van der Waals surface area contributed by atoms with Crippen LogP contribution in [0, 0.1) is 5.82 Å². The van der Waals surface area contributed by atoms with Crippen molar-refractivity contribution in [2.75, 3.05) is 13.1 Å². The van der Waals surface area contributed by atoms with Gasteiger partial charge in [0, 0.05) is 31.2 Å². The molecule has 0 bridgehead atoms. The first-order valence-electron chi connectivity index (χ1n) is 6.49. The van der Waals surface area contributed by atoms with E-state index >= 15 is 0 Å². The molecule has 0 atom stereocenters. The fourth-order valence-electron chi connectivity index (χ4n) is 2.67. The maximum absolute atomic E-state index is 13.6. The third-order valence-corrected chi connectivity index (χ3v) is 3.59. The van der Waals surface area contributed by atoms with Crippen molar-refractivity contribution in [1.29, 1.82) is 0 Å². The fraction of sp³-hybridized carbons (Fsp3) is 0.571. The molecule has 1 aliphatic carbocycles. The molecule has 2 nitrogen and oxygen atoms in total. The molecule has 0 unspecified atom stereocenters. The predicted molar refractivity (Wildman–Crippen MR) is 68.1 cm³/mol. The summed E-state index contributed by atoms with van der Waals surface area (Å²) in [7, 11) is 0. The fourth-order valence-corrected chi connectivity index (χ4v) is 2.67. The van der Waals surface area contributed by atoms with Crippen LogP contribution in [0.15, 0.2) is 24.3 Å². The van der Waals surface area contributed by atoms with E-state index in [4.69, 9.17) is 5.73 Å². The van der Waals surface area contributed by atoms with E-state index < -0.39 is 0 Å². The van der Waals surface area contributed by atoms with Crippen LogP contribution in [0.5, 0.6) is 0 Å². The number of rotatable bonds is 5. The lowest BCUT2D eigenvalue weighted by molar-refractivity contribution is 0.193. The van der Waals surface area contributed by atoms with Crippen molar-refractivity contribution >= 4 is 0 Å². The third kappa shape index (κ3) is 3.27. The van der Waals surface area contributed by atoms with Crippen molar-refractivity contribution in [2.24, 2.45) is 5.73 Å². The summed E-state index contributed by atoms with van der Waals surface area (Å²) < 4.78 is 13.6. The van der Waals surface area contributed by atoms with Crippen LogP contribution in [0.25, 0.3) is 0 Å². The molecule has 1 saturated carbocycles. The molecule has 2 N–H and O–H groups in total. The van der Waals surface area contributed by atoms with Gasteiger partial charge < -0.3 is 5.73 Å². The van der Waals surface area contributed by atoms with E-state index in [1.54, 1.807) is 6.07 Å². The minimum atomic E-state index is -0.104. The van der Waals surface area contributed by atoms with Crippen LogP contribution in [0.3, 0.4) is 0 Å². The molecule has 1 aromatic carbocycles. The molecule has 2 rings (SSSR count). The Hall–Kier alpha value is -0.930. The van der Waals surface area contributed by atoms with Gasteiger partial charge in [-0.2, -0.15) is 0 Å². The van der Waals surface area contributed by atoms with Gasteiger partial charge in [-0.15, -0.1) is 0 Å². The van der Waals surface area contributed by atoms with Crippen molar-refractivity contribution < 1.29 is 4.39 Å². The molecule has 3 heteroatoms. The molecule has 94 valence electrons. The van der Waals surface area contributed by atoms with Gasteiger partial charge in [-0.3, -0.25) is 4.90 Å². The van der Waals surface area contributed by atoms with E-state index in [0.717, 1.165) is 12.1 Å². The minimum Gasteiger partial charge on any atom is -0.329 e. The first-order valence-corrected chi connectivity index (χ1v) is 6.49. The minimum absolute atomic E-state index is 0.104. The topological polar surface area (TPSA) is 29.3 Å². The number of hydrogen-bond acceptors (Lipinski definition) is 2. The highest BCUT2D eigenvalue weighted by Crippen LogP contribution is 2.25. The third-order valence-electron chi connectivity index (χ3n) is 3.59. The summed E-state index contributed by atoms with van der Waals surface area (Å²) in [5.74, 6) is -0.104. The second-order valence-corrected chi connectivity index (χ2v) is 4.79. The molecule has 0 aliphatic heterocycles. The van der Waals surface area contributed by atoms with E-state index in [1.807, 2.05) is 12.1 Å². The zero-order chi connectivity index (χ0) is 12.1. The lowest BCUT2D eigenvalue weighted by atomic mass is 10.1. The number of halogens is 1. The molecule has 1 aliphatic rings. The lowest BCUT2D eigenvalue weighted by Gasteiger charge is -2.28. The lowest BCUT2D eigenvalue weighted by Crippen LogP contribution is -2.36. The van der Waals surface area contributed by atoms with Crippen LogP contribution >= 0.6 is 0 Å². The average Bonchev–Trinajstić information content (AvgIpc) is 2.85. The Balaban J connectivity index is 2.04. The van der Waals surface area contributed by atoms with Crippen molar-refractivity contribution in [1.82, 2.24) is 4.90 Å². The smallest absolute Gasteiger partial charge is 0.127 e. The molecule has 1 aromatic rings. The van der Waals surface area contributed by atoms with Gasteiger partial charge in [-0.05, 0) is 18.9 Å².